The van der Waals surface area contributed by atoms with Gasteiger partial charge in [-0.15, -0.1) is 0 Å². The molecule has 1 amide bonds. The molecule has 2 aromatic rings. The lowest BCUT2D eigenvalue weighted by Gasteiger charge is -2.05. The zero-order valence-electron chi connectivity index (χ0n) is 10.3. The van der Waals surface area contributed by atoms with Crippen LogP contribution in [0.1, 0.15) is 21.6 Å². The number of nitrogens with two attached hydrogens (primary N) is 1. The molecule has 0 aromatic carbocycles. The van der Waals surface area contributed by atoms with E-state index in [0.717, 1.165) is 11.3 Å². The van der Waals surface area contributed by atoms with E-state index >= 15 is 0 Å². The number of amides is 1. The molecule has 0 saturated carbocycles. The summed E-state index contributed by atoms with van der Waals surface area (Å²) in [5.74, 6) is 0.407. The highest BCUT2D eigenvalue weighted by Gasteiger charge is 2.08. The molecule has 0 spiro atoms. The number of nitrogen functional groups attached to an aromatic ring is 1. The van der Waals surface area contributed by atoms with Gasteiger partial charge in [0.2, 0.25) is 0 Å². The molecule has 94 valence electrons. The second kappa shape index (κ2) is 4.87. The van der Waals surface area contributed by atoms with Gasteiger partial charge in [-0.05, 0) is 19.1 Å². The van der Waals surface area contributed by atoms with Crippen molar-refractivity contribution in [2.75, 3.05) is 5.73 Å². The van der Waals surface area contributed by atoms with Crippen molar-refractivity contribution in [3.05, 3.63) is 41.3 Å². The normalized spacial score (nSPS) is 10.3. The van der Waals surface area contributed by atoms with Crippen LogP contribution in [-0.2, 0) is 13.6 Å². The predicted octanol–water partition coefficient (Wildman–Crippen LogP) is 0.636. The third-order valence-corrected chi connectivity index (χ3v) is 2.66. The van der Waals surface area contributed by atoms with Crippen LogP contribution in [0.15, 0.2) is 24.5 Å². The molecule has 6 nitrogen and oxygen atoms in total. The van der Waals surface area contributed by atoms with Crippen LogP contribution < -0.4 is 11.1 Å². The molecule has 6 heteroatoms. The molecule has 2 aromatic heterocycles. The topological polar surface area (TPSA) is 85.8 Å². The molecule has 0 aliphatic heterocycles. The van der Waals surface area contributed by atoms with Crippen molar-refractivity contribution in [3.63, 3.8) is 0 Å². The first-order valence-electron chi connectivity index (χ1n) is 5.55. The molecule has 0 atom stereocenters. The van der Waals surface area contributed by atoms with Crippen LogP contribution in [0, 0.1) is 6.92 Å². The van der Waals surface area contributed by atoms with E-state index < -0.39 is 0 Å². The number of aryl methyl sites for hydroxylation is 2. The fraction of sp³-hybridized carbons (Fsp3) is 0.250. The summed E-state index contributed by atoms with van der Waals surface area (Å²) < 4.78 is 1.57. The van der Waals surface area contributed by atoms with Gasteiger partial charge in [0.15, 0.2) is 0 Å². The van der Waals surface area contributed by atoms with Gasteiger partial charge in [-0.3, -0.25) is 14.5 Å². The number of hydrogen-bond acceptors (Lipinski definition) is 4. The third kappa shape index (κ3) is 2.48. The molecule has 0 saturated heterocycles. The number of carbonyl (C=O) groups is 1. The van der Waals surface area contributed by atoms with Crippen LogP contribution in [0.2, 0.25) is 0 Å². The quantitative estimate of drug-likeness (QED) is 0.830. The van der Waals surface area contributed by atoms with Gasteiger partial charge in [0.1, 0.15) is 5.82 Å². The van der Waals surface area contributed by atoms with E-state index in [1.165, 1.54) is 0 Å². The largest absolute Gasteiger partial charge is 0.384 e. The molecule has 0 aliphatic rings. The standard InChI is InChI=1S/C12H15N5O/c1-8-5-9(3-4-14-8)12(18)15-6-10-7-16-17(2)11(10)13/h3-5,7H,6,13H2,1-2H3,(H,15,18). The Balaban J connectivity index is 2.03. The van der Waals surface area contributed by atoms with Gasteiger partial charge in [0, 0.05) is 36.6 Å². The van der Waals surface area contributed by atoms with E-state index in [2.05, 4.69) is 15.4 Å². The van der Waals surface area contributed by atoms with Gasteiger partial charge in [-0.1, -0.05) is 0 Å². The van der Waals surface area contributed by atoms with E-state index in [4.69, 9.17) is 5.73 Å². The molecule has 2 rings (SSSR count). The first-order chi connectivity index (χ1) is 8.58. The van der Waals surface area contributed by atoms with Gasteiger partial charge in [0.25, 0.3) is 5.91 Å². The Morgan fingerprint density at radius 3 is 2.94 bits per heavy atom. The van der Waals surface area contributed by atoms with Crippen molar-refractivity contribution >= 4 is 11.7 Å². The molecule has 0 bridgehead atoms. The van der Waals surface area contributed by atoms with Crippen molar-refractivity contribution in [1.82, 2.24) is 20.1 Å². The van der Waals surface area contributed by atoms with E-state index in [-0.39, 0.29) is 5.91 Å². The minimum Gasteiger partial charge on any atom is -0.384 e. The zero-order valence-corrected chi connectivity index (χ0v) is 10.3. The second-order valence-corrected chi connectivity index (χ2v) is 4.05. The van der Waals surface area contributed by atoms with Gasteiger partial charge < -0.3 is 11.1 Å². The SMILES string of the molecule is Cc1cc(C(=O)NCc2cnn(C)c2N)ccn1. The van der Waals surface area contributed by atoms with Crippen LogP contribution in [0.3, 0.4) is 0 Å². The van der Waals surface area contributed by atoms with Crippen LogP contribution in [0.5, 0.6) is 0 Å². The molecule has 0 radical (unpaired) electrons. The number of aromatic nitrogens is 3. The fourth-order valence-electron chi connectivity index (χ4n) is 1.59. The van der Waals surface area contributed by atoms with Crippen molar-refractivity contribution in [3.8, 4) is 0 Å². The molecular weight excluding hydrogens is 230 g/mol. The Kier molecular flexibility index (Phi) is 3.27. The fourth-order valence-corrected chi connectivity index (χ4v) is 1.59. The number of anilines is 1. The maximum Gasteiger partial charge on any atom is 0.251 e. The summed E-state index contributed by atoms with van der Waals surface area (Å²) in [4.78, 5) is 15.9. The summed E-state index contributed by atoms with van der Waals surface area (Å²) in [6.07, 6.45) is 3.26. The number of nitrogens with zero attached hydrogens (tertiary/aromatic N) is 3. The highest BCUT2D eigenvalue weighted by molar-refractivity contribution is 5.94. The van der Waals surface area contributed by atoms with Crippen molar-refractivity contribution < 1.29 is 4.79 Å². The van der Waals surface area contributed by atoms with Crippen LogP contribution >= 0.6 is 0 Å². The first-order valence-corrected chi connectivity index (χ1v) is 5.55. The minimum absolute atomic E-state index is 0.149. The Morgan fingerprint density at radius 1 is 1.56 bits per heavy atom. The average molecular weight is 245 g/mol. The smallest absolute Gasteiger partial charge is 0.251 e. The van der Waals surface area contributed by atoms with Gasteiger partial charge in [-0.2, -0.15) is 5.10 Å². The van der Waals surface area contributed by atoms with Crippen molar-refractivity contribution in [1.29, 1.82) is 0 Å². The van der Waals surface area contributed by atoms with E-state index in [0.29, 0.717) is 17.9 Å². The van der Waals surface area contributed by atoms with Crippen molar-refractivity contribution in [2.45, 2.75) is 13.5 Å². The summed E-state index contributed by atoms with van der Waals surface area (Å²) in [6.45, 7) is 2.20. The Morgan fingerprint density at radius 2 is 2.33 bits per heavy atom. The number of rotatable bonds is 3. The second-order valence-electron chi connectivity index (χ2n) is 4.05. The monoisotopic (exact) mass is 245 g/mol. The highest BCUT2D eigenvalue weighted by Crippen LogP contribution is 2.09. The lowest BCUT2D eigenvalue weighted by molar-refractivity contribution is 0.0951. The first kappa shape index (κ1) is 12.1. The van der Waals surface area contributed by atoms with E-state index in [9.17, 15) is 4.79 Å². The lowest BCUT2D eigenvalue weighted by Crippen LogP contribution is -2.23. The lowest BCUT2D eigenvalue weighted by atomic mass is 10.2. The molecule has 2 heterocycles. The van der Waals surface area contributed by atoms with E-state index in [1.54, 1.807) is 36.3 Å². The Bertz CT molecular complexity index is 576. The summed E-state index contributed by atoms with van der Waals surface area (Å²) in [7, 11) is 1.76. The number of carbonyl (C=O) groups excluding carboxylic acids is 1. The Hall–Kier alpha value is -2.37. The highest BCUT2D eigenvalue weighted by atomic mass is 16.1. The van der Waals surface area contributed by atoms with E-state index in [1.807, 2.05) is 6.92 Å². The summed E-state index contributed by atoms with van der Waals surface area (Å²) in [6, 6.07) is 3.41. The van der Waals surface area contributed by atoms with Crippen LogP contribution in [-0.4, -0.2) is 20.7 Å². The Labute approximate surface area is 105 Å². The molecule has 18 heavy (non-hydrogen) atoms. The summed E-state index contributed by atoms with van der Waals surface area (Å²) in [5, 5.41) is 6.81. The predicted molar refractivity (Wildman–Crippen MR) is 67.8 cm³/mol. The van der Waals surface area contributed by atoms with Crippen molar-refractivity contribution in [2.24, 2.45) is 7.05 Å². The van der Waals surface area contributed by atoms with Crippen LogP contribution in [0.25, 0.3) is 0 Å². The minimum atomic E-state index is -0.149. The average Bonchev–Trinajstić information content (AvgIpc) is 2.67. The summed E-state index contributed by atoms with van der Waals surface area (Å²) in [5.41, 5.74) is 7.99. The van der Waals surface area contributed by atoms with Gasteiger partial charge in [-0.25, -0.2) is 0 Å². The molecule has 0 fully saturated rings. The van der Waals surface area contributed by atoms with Crippen LogP contribution in [0.4, 0.5) is 5.82 Å². The molecular formula is C12H15N5O. The zero-order chi connectivity index (χ0) is 13.1. The van der Waals surface area contributed by atoms with Gasteiger partial charge >= 0.3 is 0 Å². The van der Waals surface area contributed by atoms with Gasteiger partial charge in [0.05, 0.1) is 6.20 Å². The number of hydrogen-bond donors (Lipinski definition) is 2. The molecule has 0 unspecified atom stereocenters. The number of nitrogens with one attached hydrogen (secondary N) is 1. The summed E-state index contributed by atoms with van der Waals surface area (Å²) >= 11 is 0. The maximum atomic E-state index is 11.9. The number of pyridine rings is 1. The maximum absolute atomic E-state index is 11.9. The molecule has 0 aliphatic carbocycles. The molecule has 3 N–H and O–H groups in total. The third-order valence-electron chi connectivity index (χ3n) is 2.66.